The molecule has 40 heavy (non-hydrogen) atoms. The molecule has 1 fully saturated rings. The van der Waals surface area contributed by atoms with Crippen LogP contribution in [0.15, 0.2) is 83.8 Å². The molecule has 2 amide bonds. The molecular formula is C31H36ClN3O4S. The summed E-state index contributed by atoms with van der Waals surface area (Å²) < 4.78 is 29.0. The molecule has 1 unspecified atom stereocenters. The Morgan fingerprint density at radius 3 is 2.23 bits per heavy atom. The van der Waals surface area contributed by atoms with Crippen LogP contribution in [0.1, 0.15) is 50.2 Å². The molecule has 0 aromatic heterocycles. The first-order chi connectivity index (χ1) is 19.2. The van der Waals surface area contributed by atoms with Gasteiger partial charge in [-0.2, -0.15) is 0 Å². The van der Waals surface area contributed by atoms with Gasteiger partial charge in [-0.15, -0.1) is 0 Å². The summed E-state index contributed by atoms with van der Waals surface area (Å²) in [6.07, 6.45) is 4.32. The molecule has 7 nitrogen and oxygen atoms in total. The van der Waals surface area contributed by atoms with Gasteiger partial charge < -0.3 is 10.2 Å². The van der Waals surface area contributed by atoms with Crippen molar-refractivity contribution in [3.63, 3.8) is 0 Å². The molecule has 1 aliphatic carbocycles. The summed E-state index contributed by atoms with van der Waals surface area (Å²) in [6.45, 7) is 3.26. The Labute approximate surface area is 242 Å². The van der Waals surface area contributed by atoms with Gasteiger partial charge in [-0.05, 0) is 61.6 Å². The molecule has 0 radical (unpaired) electrons. The quantitative estimate of drug-likeness (QED) is 0.314. The number of halogens is 1. The zero-order valence-electron chi connectivity index (χ0n) is 22.9. The SMILES string of the molecule is CCC(C(=O)NC1CCCC1)N(Cc1ccccc1Cl)C(=O)CN(c1ccccc1C)S(=O)(=O)c1ccccc1. The summed E-state index contributed by atoms with van der Waals surface area (Å²) in [5, 5.41) is 3.59. The normalized spacial score (nSPS) is 14.5. The van der Waals surface area contributed by atoms with Crippen LogP contribution >= 0.6 is 11.6 Å². The lowest BCUT2D eigenvalue weighted by Gasteiger charge is -2.34. The number of rotatable bonds is 11. The highest BCUT2D eigenvalue weighted by atomic mass is 35.5. The van der Waals surface area contributed by atoms with Gasteiger partial charge in [0.1, 0.15) is 12.6 Å². The van der Waals surface area contributed by atoms with Gasteiger partial charge in [0.05, 0.1) is 10.6 Å². The van der Waals surface area contributed by atoms with Gasteiger partial charge in [0, 0.05) is 17.6 Å². The first-order valence-corrected chi connectivity index (χ1v) is 15.5. The van der Waals surface area contributed by atoms with Gasteiger partial charge in [-0.3, -0.25) is 13.9 Å². The van der Waals surface area contributed by atoms with Crippen molar-refractivity contribution < 1.29 is 18.0 Å². The molecule has 3 aromatic rings. The Kier molecular flexibility index (Phi) is 9.87. The predicted molar refractivity (Wildman–Crippen MR) is 159 cm³/mol. The van der Waals surface area contributed by atoms with Crippen molar-refractivity contribution in [3.05, 3.63) is 95.0 Å². The molecule has 4 rings (SSSR count). The third-order valence-corrected chi connectivity index (χ3v) is 9.52. The largest absolute Gasteiger partial charge is 0.352 e. The van der Waals surface area contributed by atoms with E-state index in [4.69, 9.17) is 11.6 Å². The Bertz CT molecular complexity index is 1430. The molecule has 1 atom stereocenters. The number of benzene rings is 3. The summed E-state index contributed by atoms with van der Waals surface area (Å²) in [5.74, 6) is -0.723. The average molecular weight is 582 g/mol. The van der Waals surface area contributed by atoms with Crippen LogP contribution in [0.4, 0.5) is 5.69 Å². The summed E-state index contributed by atoms with van der Waals surface area (Å²) in [4.78, 5) is 29.2. The highest BCUT2D eigenvalue weighted by Crippen LogP contribution is 2.28. The van der Waals surface area contributed by atoms with E-state index in [1.165, 1.54) is 17.0 Å². The van der Waals surface area contributed by atoms with Crippen molar-refractivity contribution in [2.45, 2.75) is 69.5 Å². The Morgan fingerprint density at radius 1 is 0.950 bits per heavy atom. The minimum absolute atomic E-state index is 0.0715. The zero-order chi connectivity index (χ0) is 28.7. The van der Waals surface area contributed by atoms with E-state index < -0.39 is 28.5 Å². The topological polar surface area (TPSA) is 86.8 Å². The third kappa shape index (κ3) is 6.85. The molecule has 0 saturated heterocycles. The van der Waals surface area contributed by atoms with Crippen molar-refractivity contribution >= 4 is 39.1 Å². The number of carbonyl (C=O) groups is 2. The number of hydrogen-bond donors (Lipinski definition) is 1. The molecule has 1 N–H and O–H groups in total. The van der Waals surface area contributed by atoms with Crippen LogP contribution in [-0.4, -0.2) is 43.8 Å². The smallest absolute Gasteiger partial charge is 0.264 e. The number of nitrogens with zero attached hydrogens (tertiary/aromatic N) is 2. The maximum atomic E-state index is 14.2. The maximum absolute atomic E-state index is 14.2. The number of amides is 2. The van der Waals surface area contributed by atoms with E-state index in [1.807, 2.05) is 25.1 Å². The number of para-hydroxylation sites is 1. The fraction of sp³-hybridized carbons (Fsp3) is 0.355. The fourth-order valence-corrected chi connectivity index (χ4v) is 6.87. The second kappa shape index (κ2) is 13.3. The highest BCUT2D eigenvalue weighted by molar-refractivity contribution is 7.92. The van der Waals surface area contributed by atoms with Gasteiger partial charge in [0.2, 0.25) is 11.8 Å². The van der Waals surface area contributed by atoms with Crippen LogP contribution in [0, 0.1) is 6.92 Å². The number of anilines is 1. The summed E-state index contributed by atoms with van der Waals surface area (Å²) >= 11 is 6.47. The Balaban J connectivity index is 1.72. The minimum Gasteiger partial charge on any atom is -0.352 e. The first-order valence-electron chi connectivity index (χ1n) is 13.7. The molecule has 9 heteroatoms. The summed E-state index contributed by atoms with van der Waals surface area (Å²) in [7, 11) is -4.10. The Morgan fingerprint density at radius 2 is 1.57 bits per heavy atom. The molecule has 0 bridgehead atoms. The molecule has 0 heterocycles. The van der Waals surface area contributed by atoms with Gasteiger partial charge in [0.15, 0.2) is 0 Å². The molecule has 1 aliphatic rings. The predicted octanol–water partition coefficient (Wildman–Crippen LogP) is 5.71. The molecule has 0 spiro atoms. The molecule has 212 valence electrons. The van der Waals surface area contributed by atoms with Crippen LogP contribution in [-0.2, 0) is 26.2 Å². The molecule has 1 saturated carbocycles. The van der Waals surface area contributed by atoms with Crippen molar-refractivity contribution in [3.8, 4) is 0 Å². The molecule has 0 aliphatic heterocycles. The standard InChI is InChI=1S/C31H36ClN3O4S/c1-3-28(31(37)33-25-15-9-10-16-25)34(21-24-14-8-11-19-27(24)32)30(36)22-35(29-20-12-7-13-23(29)2)40(38,39)26-17-5-4-6-18-26/h4-8,11-14,17-20,25,28H,3,9-10,15-16,21-22H2,1-2H3,(H,33,37). The maximum Gasteiger partial charge on any atom is 0.264 e. The van der Waals surface area contributed by atoms with Gasteiger partial charge in [-0.1, -0.05) is 86.0 Å². The molecule has 3 aromatic carbocycles. The van der Waals surface area contributed by atoms with E-state index in [0.29, 0.717) is 28.3 Å². The van der Waals surface area contributed by atoms with Crippen molar-refractivity contribution in [1.29, 1.82) is 0 Å². The van der Waals surface area contributed by atoms with Crippen molar-refractivity contribution in [1.82, 2.24) is 10.2 Å². The van der Waals surface area contributed by atoms with E-state index in [9.17, 15) is 18.0 Å². The number of sulfonamides is 1. The van der Waals surface area contributed by atoms with Crippen LogP contribution in [0.3, 0.4) is 0 Å². The van der Waals surface area contributed by atoms with Crippen molar-refractivity contribution in [2.75, 3.05) is 10.8 Å². The van der Waals surface area contributed by atoms with Gasteiger partial charge in [0.25, 0.3) is 10.0 Å². The second-order valence-corrected chi connectivity index (χ2v) is 12.4. The zero-order valence-corrected chi connectivity index (χ0v) is 24.5. The monoisotopic (exact) mass is 581 g/mol. The minimum atomic E-state index is -4.10. The van der Waals surface area contributed by atoms with Crippen LogP contribution < -0.4 is 9.62 Å². The lowest BCUT2D eigenvalue weighted by molar-refractivity contribution is -0.140. The van der Waals surface area contributed by atoms with Gasteiger partial charge in [-0.25, -0.2) is 8.42 Å². The van der Waals surface area contributed by atoms with E-state index in [2.05, 4.69) is 5.32 Å². The lowest BCUT2D eigenvalue weighted by Crippen LogP contribution is -2.53. The fourth-order valence-electron chi connectivity index (χ4n) is 5.17. The molecular weight excluding hydrogens is 546 g/mol. The third-order valence-electron chi connectivity index (χ3n) is 7.38. The van der Waals surface area contributed by atoms with Gasteiger partial charge >= 0.3 is 0 Å². The van der Waals surface area contributed by atoms with Crippen LogP contribution in [0.5, 0.6) is 0 Å². The van der Waals surface area contributed by atoms with E-state index in [-0.39, 0.29) is 23.4 Å². The lowest BCUT2D eigenvalue weighted by atomic mass is 10.1. The summed E-state index contributed by atoms with van der Waals surface area (Å²) in [6, 6.07) is 21.6. The number of aryl methyl sites for hydroxylation is 1. The highest BCUT2D eigenvalue weighted by Gasteiger charge is 2.35. The van der Waals surface area contributed by atoms with E-state index in [1.54, 1.807) is 55.5 Å². The average Bonchev–Trinajstić information content (AvgIpc) is 3.46. The van der Waals surface area contributed by atoms with E-state index >= 15 is 0 Å². The number of nitrogens with one attached hydrogen (secondary N) is 1. The number of hydrogen-bond acceptors (Lipinski definition) is 4. The van der Waals surface area contributed by atoms with E-state index in [0.717, 1.165) is 30.0 Å². The second-order valence-electron chi connectivity index (χ2n) is 10.1. The first kappa shape index (κ1) is 29.6. The van der Waals surface area contributed by atoms with Crippen LogP contribution in [0.2, 0.25) is 5.02 Å². The van der Waals surface area contributed by atoms with Crippen LogP contribution in [0.25, 0.3) is 0 Å². The summed E-state index contributed by atoms with van der Waals surface area (Å²) in [5.41, 5.74) is 1.79. The number of carbonyl (C=O) groups excluding carboxylic acids is 2. The van der Waals surface area contributed by atoms with Crippen molar-refractivity contribution in [2.24, 2.45) is 0 Å². The Hall–Kier alpha value is -3.36.